The van der Waals surface area contributed by atoms with Crippen molar-refractivity contribution in [3.63, 3.8) is 0 Å². The standard InChI is InChI=1S/C68H46B24N4.4K.Zn/c69-53-61(77,85-53)21-29-9-30(22-62(78)54(70)86-62)14-37(13-29)49-41-1-2-42(93-41)50(38-15-31(23-63(79)55(71)87-63)10-32(16-38)24-64(80)56(72)88-64)44-5-6-46(95-44)52(40-19-35(27-67(83)59(75)91-67)12-36(20-40)28-68(84)60(76)92-68)48-8-7-47(96-48)51(45-4-3-43(49)94-45)39-17-33(25-65(81)57(73)89-65)11-34(18-39)26-66(82)58(74)90-66;;;;;/h1-20,53-60,93,96H,21-28H2;;;;;/q;4*+1;+2. The molecular weight excluding hydrogens is 1350 g/mol. The fourth-order valence-electron chi connectivity index (χ4n) is 15.4. The molecule has 16 unspecified atom stereocenters. The van der Waals surface area contributed by atoms with E-state index in [0.29, 0.717) is 74.1 Å². The monoisotopic (exact) mass is 1400 g/mol. The van der Waals surface area contributed by atoms with E-state index in [9.17, 15) is 0 Å². The number of benzene rings is 4. The van der Waals surface area contributed by atoms with Crippen LogP contribution in [0.25, 0.3) is 90.9 Å². The molecule has 4 nitrogen and oxygen atoms in total. The maximum absolute atomic E-state index is 6.95. The van der Waals surface area contributed by atoms with E-state index >= 15 is 0 Å². The van der Waals surface area contributed by atoms with Gasteiger partial charge in [-0.3, -0.25) is 0 Å². The molecule has 16 atom stereocenters. The number of hydrogen-bond acceptors (Lipinski definition) is 2. The Morgan fingerprint density at radius 2 is 0.406 bits per heavy atom. The molecule has 10 aliphatic rings. The van der Waals surface area contributed by atoms with Crippen molar-refractivity contribution in [1.29, 1.82) is 0 Å². The molecule has 0 aliphatic carbocycles. The van der Waals surface area contributed by atoms with E-state index in [0.717, 1.165) is 111 Å². The summed E-state index contributed by atoms with van der Waals surface area (Å²) in [4.78, 5) is 19.6. The van der Waals surface area contributed by atoms with Crippen molar-refractivity contribution in [3.05, 3.63) is 164 Å². The van der Waals surface area contributed by atoms with Gasteiger partial charge in [-0.2, -0.15) is 0 Å². The maximum atomic E-state index is 6.95. The third kappa shape index (κ3) is 16.9. The van der Waals surface area contributed by atoms with Crippen molar-refractivity contribution >= 4 is 230 Å². The molecule has 8 saturated heterocycles. The van der Waals surface area contributed by atoms with E-state index in [4.69, 9.17) is 136 Å². The van der Waals surface area contributed by atoms with Crippen molar-refractivity contribution < 1.29 is 225 Å². The van der Waals surface area contributed by atoms with Crippen LogP contribution < -0.4 is 206 Å². The molecule has 4 aromatic carbocycles. The van der Waals surface area contributed by atoms with Crippen LogP contribution >= 0.6 is 0 Å². The van der Waals surface area contributed by atoms with Crippen LogP contribution in [0.3, 0.4) is 0 Å². The summed E-state index contributed by atoms with van der Waals surface area (Å²) >= 11 is 0. The van der Waals surface area contributed by atoms with Gasteiger partial charge in [0.15, 0.2) is 0 Å². The Kier molecular flexibility index (Phi) is 24.7. The molecule has 8 bridgehead atoms. The van der Waals surface area contributed by atoms with Crippen molar-refractivity contribution in [3.8, 4) is 44.5 Å². The summed E-state index contributed by atoms with van der Waals surface area (Å²) in [7, 11) is 124. The Morgan fingerprint density at radius 3 is 0.535 bits per heavy atom. The van der Waals surface area contributed by atoms with E-state index in [1.165, 1.54) is 0 Å². The Bertz CT molecular complexity index is 4020. The second kappa shape index (κ2) is 30.2. The van der Waals surface area contributed by atoms with Gasteiger partial charge in [0, 0.05) is 44.3 Å². The van der Waals surface area contributed by atoms with E-state index < -0.39 is 41.7 Å². The number of H-pyrrole nitrogens is 2. The zero-order chi connectivity index (χ0) is 66.8. The quantitative estimate of drug-likeness (QED) is 0.0754. The van der Waals surface area contributed by atoms with E-state index in [-0.39, 0.29) is 271 Å². The van der Waals surface area contributed by atoms with Crippen LogP contribution in [0, 0.1) is 0 Å². The van der Waals surface area contributed by atoms with Gasteiger partial charge < -0.3 is 9.97 Å². The number of rotatable bonds is 20. The normalized spacial score (nSPS) is 32.8. The zero-order valence-corrected chi connectivity index (χ0v) is 73.7. The van der Waals surface area contributed by atoms with Gasteiger partial charge in [-0.1, -0.05) is 115 Å². The Labute approximate surface area is 808 Å². The van der Waals surface area contributed by atoms with Crippen LogP contribution in [0.5, 0.6) is 0 Å². The number of aromatic nitrogens is 4. The minimum absolute atomic E-state index is 0. The van der Waals surface area contributed by atoms with Crippen molar-refractivity contribution in [2.45, 2.75) is 139 Å². The minimum Gasteiger partial charge on any atom is -0.354 e. The van der Waals surface area contributed by atoms with E-state index in [1.54, 1.807) is 0 Å². The number of hydrogen-bond donors (Lipinski definition) is 2. The number of aromatic amines is 2. The molecule has 40 radical (unpaired) electrons. The number of fused-ring (bicyclic) bond motifs is 8. The van der Waals surface area contributed by atoms with Crippen LogP contribution in [0.2, 0.25) is 87.4 Å². The zero-order valence-electron chi connectivity index (χ0n) is 58.3. The minimum atomic E-state index is -0.684. The second-order valence-electron chi connectivity index (χ2n) is 30.5. The topological polar surface area (TPSA) is 57.4 Å². The van der Waals surface area contributed by atoms with E-state index in [1.807, 2.05) is 58.2 Å². The maximum Gasteiger partial charge on any atom is 2.00 e. The largest absolute Gasteiger partial charge is 2.00 e. The molecule has 0 spiro atoms. The average molecular weight is 1400 g/mol. The first-order valence-corrected chi connectivity index (χ1v) is 33.4. The Morgan fingerprint density at radius 1 is 0.267 bits per heavy atom. The average Bonchev–Trinajstić information content (AvgIpc) is 1.64. The van der Waals surface area contributed by atoms with Crippen molar-refractivity contribution in [2.75, 3.05) is 0 Å². The summed E-state index contributed by atoms with van der Waals surface area (Å²) in [5.41, 5.74) is 18.7. The molecule has 7 aromatic rings. The van der Waals surface area contributed by atoms with Gasteiger partial charge in [-0.15, -0.1) is 45.7 Å². The van der Waals surface area contributed by atoms with Crippen molar-refractivity contribution in [1.82, 2.24) is 19.9 Å². The van der Waals surface area contributed by atoms with Crippen LogP contribution in [0.4, 0.5) is 0 Å². The molecule has 3 aromatic heterocycles. The smallest absolute Gasteiger partial charge is 0.354 e. The molecule has 0 saturated carbocycles. The second-order valence-corrected chi connectivity index (χ2v) is 30.5. The molecular formula is C68H46B24K4N4Zn+6. The fraction of sp³-hybridized carbons (Fsp3) is 0.353. The molecule has 17 rings (SSSR count). The SMILES string of the molecule is [B]C1[B]C1([B])Cc1cc(CC2([B])[B]C2[B])cc(-c2c3nc(c(-c4cc(CC5([B])[B]C5[B])cc(CC5([B])[B]C5[B])c4)c4ccc([nH]4)c(-c4cc(CC5([B])[B]C5[B])cc(CC5([B])[B]C5[B])c4)c4nc(c(-c5cc(CC6([B])[B]C6[B])cc(CC6([B])[B]C6[B])c5)c5ccc2[nH]5)C=C4)C=C3)c1.[K+].[K+].[K+].[K+].[Zn+2]. The fourth-order valence-corrected chi connectivity index (χ4v) is 15.4. The van der Waals surface area contributed by atoms with Crippen LogP contribution in [-0.2, 0) is 70.8 Å². The molecule has 0 amide bonds. The number of nitrogens with zero attached hydrogens (tertiary/aromatic N) is 2. The third-order valence-electron chi connectivity index (χ3n) is 22.2. The Hall–Kier alpha value is 2.21. The van der Waals surface area contributed by atoms with Gasteiger partial charge in [-0.25, -0.2) is 9.97 Å². The third-order valence-corrected chi connectivity index (χ3v) is 22.2. The summed E-state index contributed by atoms with van der Waals surface area (Å²) in [5, 5.41) is -5.47. The summed E-state index contributed by atoms with van der Waals surface area (Å²) in [6, 6.07) is 34.8. The molecule has 8 fully saturated rings. The van der Waals surface area contributed by atoms with Gasteiger partial charge in [0.25, 0.3) is 0 Å². The molecule has 33 heteroatoms. The van der Waals surface area contributed by atoms with Gasteiger partial charge in [0.2, 0.25) is 0 Å². The first kappa shape index (κ1) is 82.7. The molecule has 410 valence electrons. The van der Waals surface area contributed by atoms with Gasteiger partial charge in [0.1, 0.15) is 0 Å². The first-order chi connectivity index (χ1) is 45.4. The van der Waals surface area contributed by atoms with Crippen LogP contribution in [0.1, 0.15) is 67.3 Å². The van der Waals surface area contributed by atoms with Gasteiger partial charge in [0.05, 0.1) is 207 Å². The van der Waals surface area contributed by atoms with Crippen LogP contribution in [-0.4, -0.2) is 204 Å². The molecule has 101 heavy (non-hydrogen) atoms. The summed E-state index contributed by atoms with van der Waals surface area (Å²) in [6.07, 6.45) is 12.4. The predicted molar refractivity (Wildman–Crippen MR) is 420 cm³/mol. The molecule has 10 aliphatic heterocycles. The number of nitrogens with one attached hydrogen (secondary N) is 2. The summed E-state index contributed by atoms with van der Waals surface area (Å²) < 4.78 is 0. The van der Waals surface area contributed by atoms with Crippen molar-refractivity contribution in [2.24, 2.45) is 0 Å². The molecule has 2 N–H and O–H groups in total. The molecule has 13 heterocycles. The van der Waals surface area contributed by atoms with Gasteiger partial charge in [-0.05, 0) is 167 Å². The Balaban J connectivity index is 0.00000193. The van der Waals surface area contributed by atoms with Crippen LogP contribution in [0.15, 0.2) is 97.1 Å². The summed E-state index contributed by atoms with van der Waals surface area (Å²) in [6.45, 7) is 0. The summed E-state index contributed by atoms with van der Waals surface area (Å²) in [5.74, 6) is 0. The van der Waals surface area contributed by atoms with E-state index in [2.05, 4.69) is 131 Å². The van der Waals surface area contributed by atoms with Gasteiger partial charge >= 0.3 is 225 Å². The first-order valence-electron chi connectivity index (χ1n) is 33.4. The predicted octanol–water partition coefficient (Wildman–Crippen LogP) is -4.99.